The van der Waals surface area contributed by atoms with Gasteiger partial charge >= 0.3 is 0 Å². The number of hydrogen-bond acceptors (Lipinski definition) is 0. The van der Waals surface area contributed by atoms with Gasteiger partial charge < -0.3 is 0 Å². The van der Waals surface area contributed by atoms with Gasteiger partial charge in [0.15, 0.2) is 0 Å². The first kappa shape index (κ1) is 14.2. The Bertz CT molecular complexity index is 591. The second-order valence-electron chi connectivity index (χ2n) is 4.51. The zero-order chi connectivity index (χ0) is 14.4. The summed E-state index contributed by atoms with van der Waals surface area (Å²) in [5, 5.41) is 0. The molecule has 0 saturated heterocycles. The highest BCUT2D eigenvalue weighted by atomic mass is 19.3. The van der Waals surface area contributed by atoms with Crippen molar-refractivity contribution in [3.05, 3.63) is 78.9 Å². The van der Waals surface area contributed by atoms with Gasteiger partial charge in [0.1, 0.15) is 0 Å². The molecule has 0 spiro atoms. The van der Waals surface area contributed by atoms with E-state index in [2.05, 4.69) is 6.58 Å². The fourth-order valence-corrected chi connectivity index (χ4v) is 2.09. The van der Waals surface area contributed by atoms with Crippen LogP contribution in [0.2, 0.25) is 0 Å². The van der Waals surface area contributed by atoms with Gasteiger partial charge in [0.25, 0.3) is 6.08 Å². The van der Waals surface area contributed by atoms with Crippen molar-refractivity contribution in [2.45, 2.75) is 12.8 Å². The summed E-state index contributed by atoms with van der Waals surface area (Å²) < 4.78 is 26.0. The van der Waals surface area contributed by atoms with Gasteiger partial charge in [0.05, 0.1) is 0 Å². The summed E-state index contributed by atoms with van der Waals surface area (Å²) >= 11 is 0. The summed E-state index contributed by atoms with van der Waals surface area (Å²) in [4.78, 5) is 0. The summed E-state index contributed by atoms with van der Waals surface area (Å²) in [5.41, 5.74) is 2.78. The van der Waals surface area contributed by atoms with Gasteiger partial charge in [0, 0.05) is 5.57 Å². The van der Waals surface area contributed by atoms with E-state index in [1.807, 2.05) is 42.5 Å². The fourth-order valence-electron chi connectivity index (χ4n) is 2.09. The van der Waals surface area contributed by atoms with E-state index < -0.39 is 6.08 Å². The molecular weight excluding hydrogens is 254 g/mol. The molecule has 2 aromatic carbocycles. The molecule has 0 bridgehead atoms. The van der Waals surface area contributed by atoms with Crippen molar-refractivity contribution in [1.29, 1.82) is 0 Å². The van der Waals surface area contributed by atoms with E-state index in [0.29, 0.717) is 18.4 Å². The monoisotopic (exact) mass is 270 g/mol. The Morgan fingerprint density at radius 3 is 2.05 bits per heavy atom. The average molecular weight is 270 g/mol. The first-order chi connectivity index (χ1) is 9.72. The molecule has 0 aliphatic heterocycles. The molecule has 0 nitrogen and oxygen atoms in total. The normalized spacial score (nSPS) is 10.1. The van der Waals surface area contributed by atoms with E-state index in [0.717, 1.165) is 11.1 Å². The van der Waals surface area contributed by atoms with Crippen LogP contribution in [0.5, 0.6) is 0 Å². The van der Waals surface area contributed by atoms with Crippen LogP contribution in [0.1, 0.15) is 18.4 Å². The van der Waals surface area contributed by atoms with Crippen molar-refractivity contribution in [1.82, 2.24) is 0 Å². The Hall–Kier alpha value is -2.22. The van der Waals surface area contributed by atoms with Crippen LogP contribution in [0, 0.1) is 0 Å². The minimum atomic E-state index is -1.61. The van der Waals surface area contributed by atoms with Crippen LogP contribution in [0.3, 0.4) is 0 Å². The maximum Gasteiger partial charge on any atom is 0.274 e. The number of benzene rings is 2. The molecular formula is C18H16F2. The molecule has 102 valence electrons. The van der Waals surface area contributed by atoms with Gasteiger partial charge in [-0.1, -0.05) is 60.7 Å². The van der Waals surface area contributed by atoms with Crippen LogP contribution in [-0.4, -0.2) is 0 Å². The summed E-state index contributed by atoms with van der Waals surface area (Å²) in [5.74, 6) is 0. The van der Waals surface area contributed by atoms with Crippen LogP contribution in [-0.2, 0) is 0 Å². The van der Waals surface area contributed by atoms with E-state index in [1.165, 1.54) is 0 Å². The first-order valence-corrected chi connectivity index (χ1v) is 6.53. The zero-order valence-corrected chi connectivity index (χ0v) is 11.2. The minimum Gasteiger partial charge on any atom is -0.173 e. The number of allylic oxidation sites excluding steroid dienone is 2. The lowest BCUT2D eigenvalue weighted by Crippen LogP contribution is -1.87. The van der Waals surface area contributed by atoms with Crippen LogP contribution in [0.25, 0.3) is 16.7 Å². The van der Waals surface area contributed by atoms with E-state index in [9.17, 15) is 8.78 Å². The lowest BCUT2D eigenvalue weighted by atomic mass is 9.98. The predicted molar refractivity (Wildman–Crippen MR) is 80.4 cm³/mol. The Labute approximate surface area is 118 Å². The van der Waals surface area contributed by atoms with Crippen molar-refractivity contribution in [2.75, 3.05) is 0 Å². The van der Waals surface area contributed by atoms with Gasteiger partial charge in [0.2, 0.25) is 0 Å². The van der Waals surface area contributed by atoms with Crippen LogP contribution < -0.4 is 0 Å². The van der Waals surface area contributed by atoms with Crippen LogP contribution in [0.4, 0.5) is 8.78 Å². The molecule has 2 aromatic rings. The minimum absolute atomic E-state index is 0.101. The smallest absolute Gasteiger partial charge is 0.173 e. The van der Waals surface area contributed by atoms with E-state index in [-0.39, 0.29) is 5.57 Å². The molecule has 0 aliphatic rings. The molecule has 0 aliphatic carbocycles. The molecule has 20 heavy (non-hydrogen) atoms. The van der Waals surface area contributed by atoms with Crippen LogP contribution >= 0.6 is 0 Å². The topological polar surface area (TPSA) is 0 Å². The summed E-state index contributed by atoms with van der Waals surface area (Å²) in [7, 11) is 0. The molecule has 0 heterocycles. The van der Waals surface area contributed by atoms with Gasteiger partial charge in [-0.3, -0.25) is 0 Å². The van der Waals surface area contributed by atoms with Gasteiger partial charge in [-0.05, 0) is 29.5 Å². The van der Waals surface area contributed by atoms with Crippen molar-refractivity contribution >= 4 is 5.57 Å². The third-order valence-electron chi connectivity index (χ3n) is 3.17. The summed E-state index contributed by atoms with van der Waals surface area (Å²) in [6, 6.07) is 17.1. The zero-order valence-electron chi connectivity index (χ0n) is 11.2. The third-order valence-corrected chi connectivity index (χ3v) is 3.17. The van der Waals surface area contributed by atoms with Gasteiger partial charge in [-0.25, -0.2) is 0 Å². The summed E-state index contributed by atoms with van der Waals surface area (Å²) in [6.45, 7) is 3.57. The average Bonchev–Trinajstić information content (AvgIpc) is 2.49. The second-order valence-corrected chi connectivity index (χ2v) is 4.51. The highest BCUT2D eigenvalue weighted by molar-refractivity contribution is 5.70. The number of hydrogen-bond donors (Lipinski definition) is 0. The van der Waals surface area contributed by atoms with Crippen molar-refractivity contribution in [3.63, 3.8) is 0 Å². The third kappa shape index (κ3) is 3.41. The standard InChI is InChI=1S/C18H16F2/c1-2-3-9-17(18(19)20)16-12-10-15(11-13-16)14-7-5-4-6-8-14/h2,4-8,10-13H,1,3,9H2. The molecule has 0 amide bonds. The maximum atomic E-state index is 13.0. The molecule has 0 unspecified atom stereocenters. The Kier molecular flexibility index (Phi) is 4.83. The molecule has 2 rings (SSSR count). The fraction of sp³-hybridized carbons (Fsp3) is 0.111. The van der Waals surface area contributed by atoms with Gasteiger partial charge in [-0.2, -0.15) is 8.78 Å². The lowest BCUT2D eigenvalue weighted by molar-refractivity contribution is 0.423. The van der Waals surface area contributed by atoms with Crippen molar-refractivity contribution in [2.24, 2.45) is 0 Å². The SMILES string of the molecule is C=CCCC(=C(F)F)c1ccc(-c2ccccc2)cc1. The van der Waals surface area contributed by atoms with Crippen LogP contribution in [0.15, 0.2) is 73.3 Å². The highest BCUT2D eigenvalue weighted by Crippen LogP contribution is 2.28. The number of halogens is 2. The Morgan fingerprint density at radius 1 is 0.900 bits per heavy atom. The Balaban J connectivity index is 2.27. The van der Waals surface area contributed by atoms with E-state index in [1.54, 1.807) is 18.2 Å². The van der Waals surface area contributed by atoms with Crippen molar-refractivity contribution < 1.29 is 8.78 Å². The predicted octanol–water partition coefficient (Wildman–Crippen LogP) is 5.93. The quantitative estimate of drug-likeness (QED) is 0.591. The Morgan fingerprint density at radius 2 is 1.50 bits per heavy atom. The first-order valence-electron chi connectivity index (χ1n) is 6.53. The molecule has 0 saturated carbocycles. The lowest BCUT2D eigenvalue weighted by Gasteiger charge is -2.07. The highest BCUT2D eigenvalue weighted by Gasteiger charge is 2.08. The van der Waals surface area contributed by atoms with E-state index in [4.69, 9.17) is 0 Å². The molecule has 0 aromatic heterocycles. The van der Waals surface area contributed by atoms with E-state index >= 15 is 0 Å². The second kappa shape index (κ2) is 6.80. The molecule has 0 fully saturated rings. The molecule has 0 N–H and O–H groups in total. The summed E-state index contributed by atoms with van der Waals surface area (Å²) in [6.07, 6.45) is 0.907. The van der Waals surface area contributed by atoms with Crippen molar-refractivity contribution in [3.8, 4) is 11.1 Å². The molecule has 2 heteroatoms. The van der Waals surface area contributed by atoms with Gasteiger partial charge in [-0.15, -0.1) is 6.58 Å². The largest absolute Gasteiger partial charge is 0.274 e. The maximum absolute atomic E-state index is 13.0. The molecule has 0 radical (unpaired) electrons. The molecule has 0 atom stereocenters. The number of rotatable bonds is 5.